The smallest absolute Gasteiger partial charge is 0.294 e. The van der Waals surface area contributed by atoms with Gasteiger partial charge in [0.15, 0.2) is 11.3 Å². The molecule has 2 aliphatic heterocycles. The number of hydrogen-bond donors (Lipinski definition) is 2. The summed E-state index contributed by atoms with van der Waals surface area (Å²) in [6, 6.07) is 9.34. The fraction of sp³-hybridized carbons (Fsp3) is 0.433. The molecule has 41 heavy (non-hydrogen) atoms. The molecule has 0 spiro atoms. The Labute approximate surface area is 236 Å². The van der Waals surface area contributed by atoms with E-state index in [1.165, 1.54) is 24.1 Å². The summed E-state index contributed by atoms with van der Waals surface area (Å²) in [5.74, 6) is -0.975. The summed E-state index contributed by atoms with van der Waals surface area (Å²) in [5, 5.41) is 6.27. The first kappa shape index (κ1) is 27.1. The third-order valence-corrected chi connectivity index (χ3v) is 8.04. The standard InChI is InChI=1S/C30H32FN3O7/c1-29(14-39-15-29)33-26(35)18-9-10-19-23(11-18)41-25-24(19)40-16-30(2,34(27(25)36)13-17-7-8-17)28(37)32-12-20-21(31)5-4-6-22(20)38-3/h4-6,9-11,17H,7-8,12-16H2,1-3H3,(H,32,37)(H,33,35). The lowest BCUT2D eigenvalue weighted by molar-refractivity contribution is -0.133. The predicted molar refractivity (Wildman–Crippen MR) is 145 cm³/mol. The van der Waals surface area contributed by atoms with Gasteiger partial charge in [0.1, 0.15) is 23.8 Å². The second-order valence-electron chi connectivity index (χ2n) is 11.5. The second-order valence-corrected chi connectivity index (χ2v) is 11.5. The molecule has 10 nitrogen and oxygen atoms in total. The minimum atomic E-state index is -1.40. The maximum absolute atomic E-state index is 14.5. The number of furan rings is 1. The van der Waals surface area contributed by atoms with Crippen LogP contribution >= 0.6 is 0 Å². The number of amides is 3. The Hall–Kier alpha value is -4.12. The Morgan fingerprint density at radius 1 is 1.15 bits per heavy atom. The van der Waals surface area contributed by atoms with Crippen LogP contribution in [0.5, 0.6) is 11.5 Å². The highest BCUT2D eigenvalue weighted by Gasteiger charge is 2.49. The van der Waals surface area contributed by atoms with Gasteiger partial charge in [-0.05, 0) is 62.9 Å². The normalized spacial score (nSPS) is 21.4. The van der Waals surface area contributed by atoms with Gasteiger partial charge in [0, 0.05) is 24.2 Å². The van der Waals surface area contributed by atoms with Crippen LogP contribution in [-0.2, 0) is 16.1 Å². The van der Waals surface area contributed by atoms with Crippen molar-refractivity contribution < 1.29 is 37.4 Å². The van der Waals surface area contributed by atoms with E-state index < -0.39 is 28.7 Å². The zero-order valence-electron chi connectivity index (χ0n) is 23.2. The summed E-state index contributed by atoms with van der Waals surface area (Å²) in [6.45, 7) is 4.50. The number of carbonyl (C=O) groups is 3. The number of halogens is 1. The molecule has 2 N–H and O–H groups in total. The van der Waals surface area contributed by atoms with Gasteiger partial charge in [0.25, 0.3) is 11.8 Å². The zero-order valence-corrected chi connectivity index (χ0v) is 23.2. The van der Waals surface area contributed by atoms with Crippen molar-refractivity contribution >= 4 is 28.7 Å². The number of rotatable bonds is 8. The van der Waals surface area contributed by atoms with Crippen LogP contribution in [0.1, 0.15) is 53.2 Å². The van der Waals surface area contributed by atoms with E-state index in [1.54, 1.807) is 31.2 Å². The molecule has 3 aromatic rings. The molecule has 1 aromatic heterocycles. The van der Waals surface area contributed by atoms with E-state index in [2.05, 4.69) is 10.6 Å². The summed E-state index contributed by atoms with van der Waals surface area (Å²) in [4.78, 5) is 42.0. The van der Waals surface area contributed by atoms with Gasteiger partial charge < -0.3 is 34.2 Å². The van der Waals surface area contributed by atoms with E-state index in [1.807, 2.05) is 6.92 Å². The van der Waals surface area contributed by atoms with Crippen molar-refractivity contribution in [2.24, 2.45) is 5.92 Å². The van der Waals surface area contributed by atoms with Gasteiger partial charge in [0.2, 0.25) is 11.7 Å². The molecule has 2 fully saturated rings. The average Bonchev–Trinajstić information content (AvgIpc) is 3.71. The van der Waals surface area contributed by atoms with Gasteiger partial charge in [-0.15, -0.1) is 0 Å². The van der Waals surface area contributed by atoms with E-state index in [0.29, 0.717) is 42.0 Å². The van der Waals surface area contributed by atoms with Crippen LogP contribution in [0.2, 0.25) is 0 Å². The molecule has 1 saturated carbocycles. The second kappa shape index (κ2) is 10.1. The van der Waals surface area contributed by atoms with Crippen molar-refractivity contribution in [2.45, 2.75) is 44.3 Å². The Balaban J connectivity index is 1.28. The third-order valence-electron chi connectivity index (χ3n) is 8.04. The van der Waals surface area contributed by atoms with Gasteiger partial charge in [-0.25, -0.2) is 4.39 Å². The van der Waals surface area contributed by atoms with Crippen molar-refractivity contribution in [2.75, 3.05) is 33.5 Å². The van der Waals surface area contributed by atoms with Crippen molar-refractivity contribution in [1.82, 2.24) is 15.5 Å². The third kappa shape index (κ3) is 4.88. The van der Waals surface area contributed by atoms with E-state index in [4.69, 9.17) is 18.6 Å². The maximum atomic E-state index is 14.5. The first-order valence-corrected chi connectivity index (χ1v) is 13.6. The van der Waals surface area contributed by atoms with Gasteiger partial charge in [-0.3, -0.25) is 14.4 Å². The van der Waals surface area contributed by atoms with E-state index in [-0.39, 0.29) is 42.0 Å². The van der Waals surface area contributed by atoms with E-state index >= 15 is 0 Å². The molecule has 3 amide bonds. The quantitative estimate of drug-likeness (QED) is 0.430. The van der Waals surface area contributed by atoms with Crippen LogP contribution < -0.4 is 20.1 Å². The molecular formula is C30H32FN3O7. The Bertz CT molecular complexity index is 1540. The molecule has 6 rings (SSSR count). The van der Waals surface area contributed by atoms with Crippen molar-refractivity contribution in [1.29, 1.82) is 0 Å². The molecule has 2 aromatic carbocycles. The SMILES string of the molecule is COc1cccc(F)c1CNC(=O)C1(C)COc2c(oc3cc(C(=O)NC4(C)COC4)ccc23)C(=O)N1CC1CC1. The highest BCUT2D eigenvalue weighted by molar-refractivity contribution is 6.06. The number of nitrogens with zero attached hydrogens (tertiary/aromatic N) is 1. The molecule has 11 heteroatoms. The molecule has 1 atom stereocenters. The Morgan fingerprint density at radius 2 is 1.93 bits per heavy atom. The van der Waals surface area contributed by atoms with Crippen LogP contribution in [0.3, 0.4) is 0 Å². The molecular weight excluding hydrogens is 533 g/mol. The van der Waals surface area contributed by atoms with Crippen LogP contribution in [-0.4, -0.2) is 67.2 Å². The number of nitrogens with one attached hydrogen (secondary N) is 2. The molecule has 3 aliphatic rings. The van der Waals surface area contributed by atoms with Crippen molar-refractivity contribution in [3.63, 3.8) is 0 Å². The zero-order chi connectivity index (χ0) is 28.9. The Kier molecular flexibility index (Phi) is 6.64. The highest BCUT2D eigenvalue weighted by Crippen LogP contribution is 2.41. The van der Waals surface area contributed by atoms with Crippen LogP contribution in [0.25, 0.3) is 11.0 Å². The van der Waals surface area contributed by atoms with E-state index in [9.17, 15) is 18.8 Å². The van der Waals surface area contributed by atoms with Crippen molar-refractivity contribution in [3.8, 4) is 11.5 Å². The number of ether oxygens (including phenoxy) is 3. The molecule has 0 bridgehead atoms. The molecule has 3 heterocycles. The number of fused-ring (bicyclic) bond motifs is 3. The van der Waals surface area contributed by atoms with Gasteiger partial charge >= 0.3 is 0 Å². The first-order valence-electron chi connectivity index (χ1n) is 13.6. The minimum Gasteiger partial charge on any atom is -0.496 e. The van der Waals surface area contributed by atoms with Crippen molar-refractivity contribution in [3.05, 3.63) is 59.1 Å². The summed E-state index contributed by atoms with van der Waals surface area (Å²) in [7, 11) is 1.43. The first-order chi connectivity index (χ1) is 19.6. The molecule has 1 unspecified atom stereocenters. The number of benzene rings is 2. The topological polar surface area (TPSA) is 119 Å². The van der Waals surface area contributed by atoms with Gasteiger partial charge in [-0.2, -0.15) is 0 Å². The lowest BCUT2D eigenvalue weighted by atomic mass is 9.98. The largest absolute Gasteiger partial charge is 0.496 e. The minimum absolute atomic E-state index is 0.0233. The van der Waals surface area contributed by atoms with Crippen LogP contribution in [0.4, 0.5) is 4.39 Å². The van der Waals surface area contributed by atoms with Gasteiger partial charge in [-0.1, -0.05) is 6.07 Å². The number of hydrogen-bond acceptors (Lipinski definition) is 7. The average molecular weight is 566 g/mol. The summed E-state index contributed by atoms with van der Waals surface area (Å²) < 4.78 is 37.1. The lowest BCUT2D eigenvalue weighted by Crippen LogP contribution is -2.61. The fourth-order valence-corrected chi connectivity index (χ4v) is 5.25. The van der Waals surface area contributed by atoms with Crippen LogP contribution in [0, 0.1) is 11.7 Å². The molecule has 1 aliphatic carbocycles. The number of carbonyl (C=O) groups excluding carboxylic acids is 3. The molecule has 216 valence electrons. The summed E-state index contributed by atoms with van der Waals surface area (Å²) in [6.07, 6.45) is 1.90. The lowest BCUT2D eigenvalue weighted by Gasteiger charge is -2.38. The van der Waals surface area contributed by atoms with Crippen LogP contribution in [0.15, 0.2) is 40.8 Å². The van der Waals surface area contributed by atoms with Gasteiger partial charge in [0.05, 0.1) is 31.2 Å². The predicted octanol–water partition coefficient (Wildman–Crippen LogP) is 3.42. The number of methoxy groups -OCH3 is 1. The highest BCUT2D eigenvalue weighted by atomic mass is 19.1. The fourth-order valence-electron chi connectivity index (χ4n) is 5.25. The summed E-state index contributed by atoms with van der Waals surface area (Å²) in [5.41, 5.74) is -0.900. The molecule has 0 radical (unpaired) electrons. The molecule has 1 saturated heterocycles. The van der Waals surface area contributed by atoms with E-state index in [0.717, 1.165) is 12.8 Å². The maximum Gasteiger partial charge on any atom is 0.294 e. The monoisotopic (exact) mass is 565 g/mol. The Morgan fingerprint density at radius 3 is 2.61 bits per heavy atom. The summed E-state index contributed by atoms with van der Waals surface area (Å²) >= 11 is 0.